The predicted molar refractivity (Wildman–Crippen MR) is 518 cm³/mol. The summed E-state index contributed by atoms with van der Waals surface area (Å²) < 4.78 is 0. The van der Waals surface area contributed by atoms with E-state index in [9.17, 15) is 0 Å². The van der Waals surface area contributed by atoms with Gasteiger partial charge in [0.2, 0.25) is 0 Å². The molecule has 0 radical (unpaired) electrons. The van der Waals surface area contributed by atoms with E-state index in [0.29, 0.717) is 0 Å². The summed E-state index contributed by atoms with van der Waals surface area (Å²) in [7, 11) is 0. The van der Waals surface area contributed by atoms with Gasteiger partial charge in [-0.1, -0.05) is 366 Å². The molecule has 0 N–H and O–H groups in total. The first-order valence-corrected chi connectivity index (χ1v) is 59.2. The van der Waals surface area contributed by atoms with Crippen molar-refractivity contribution in [2.75, 3.05) is 0 Å². The molecule has 33 aliphatic rings. The summed E-state index contributed by atoms with van der Waals surface area (Å²) in [5.41, 5.74) is 2.66. The highest BCUT2D eigenvalue weighted by Crippen LogP contribution is 2.62. The van der Waals surface area contributed by atoms with Crippen LogP contribution in [0.3, 0.4) is 0 Å². The zero-order valence-corrected chi connectivity index (χ0v) is 80.9. The summed E-state index contributed by atoms with van der Waals surface area (Å²) in [5, 5.41) is 0. The fraction of sp³-hybridized carbons (Fsp3) is 1.00. The molecular weight excluding hydrogens is 1440 g/mol. The Morgan fingerprint density at radius 3 is 0.483 bits per heavy atom. The standard InChI is InChI=1S/C22H36.C11H20.2C10H18.2C9H16.3C8H14.2C7H12.C6H10.C5H8/c1-3-7-17-15(5-1)9-11-21-19(17)13-14-20-18-8-4-2-6-16(18)10-12-22(20)21;1-3-7-11(8-4-1)9-5-2-6-10-11;1-2-5-10-7-3-6-9(4-1)8-10;1-2-6-10(7-3-1)8-4-5-9-10;1-3-8-5-2-6-9(4-1)7-8;1-2-4-9-6-5-8(3-1)7-9;1-2-7-4-5-8(3-1)6-7;1-2-4-8-5-7(3-1)6-8;1-2-4-8(5-3-1)6-7-8;1-2-7-4-3-6(1)5-7;1-2-6-4-7(3-1)5-6;1-2-6-3-5(1)4-6;1-4-2-5(1)3-4/h15-22H,1-14H2;1-10H2;9-10H,1-8H2;1-9H2;2*8-9H,1-7H2;2*7-8H,1-6H2;1-7H2;2*6-7H,1-5H2;5-6H,1-4H2;4-5H,1-3H2. The summed E-state index contributed by atoms with van der Waals surface area (Å²) in [6, 6.07) is 0. The molecule has 0 amide bonds. The van der Waals surface area contributed by atoms with Crippen molar-refractivity contribution in [2.45, 2.75) is 584 Å². The van der Waals surface area contributed by atoms with Gasteiger partial charge in [0.15, 0.2) is 0 Å². The monoisotopic (exact) mass is 1650 g/mol. The molecule has 0 aliphatic heterocycles. The van der Waals surface area contributed by atoms with Crippen LogP contribution < -0.4 is 0 Å². The van der Waals surface area contributed by atoms with Crippen molar-refractivity contribution in [2.24, 2.45) is 170 Å². The van der Waals surface area contributed by atoms with Crippen molar-refractivity contribution in [1.29, 1.82) is 0 Å². The summed E-state index contributed by atoms with van der Waals surface area (Å²) in [6.45, 7) is 0. The first-order valence-electron chi connectivity index (χ1n) is 59.2. The Morgan fingerprint density at radius 1 is 0.0917 bits per heavy atom. The Morgan fingerprint density at radius 2 is 0.250 bits per heavy atom. The maximum absolute atomic E-state index is 1.64. The van der Waals surface area contributed by atoms with E-state index in [-0.39, 0.29) is 0 Å². The quantitative estimate of drug-likeness (QED) is 0.227. The fourth-order valence-corrected chi connectivity index (χ4v) is 36.3. The molecule has 0 nitrogen and oxygen atoms in total. The third-order valence-electron chi connectivity index (χ3n) is 44.3. The van der Waals surface area contributed by atoms with Crippen LogP contribution in [-0.2, 0) is 0 Å². The number of fused-ring (bicyclic) bond motifs is 23. The second-order valence-electron chi connectivity index (χ2n) is 52.5. The Kier molecular flexibility index (Phi) is 36.3. The van der Waals surface area contributed by atoms with Crippen LogP contribution in [0.4, 0.5) is 0 Å². The lowest BCUT2D eigenvalue weighted by molar-refractivity contribution is -0.0786. The maximum Gasteiger partial charge on any atom is -0.0297 e. The van der Waals surface area contributed by atoms with Gasteiger partial charge in [-0.3, -0.25) is 0 Å². The lowest BCUT2D eigenvalue weighted by Crippen LogP contribution is -2.49. The molecule has 0 aromatic carbocycles. The van der Waals surface area contributed by atoms with E-state index >= 15 is 0 Å². The highest BCUT2D eigenvalue weighted by molar-refractivity contribution is 5.03. The molecule has 33 saturated carbocycles. The van der Waals surface area contributed by atoms with Gasteiger partial charge in [-0.2, -0.15) is 0 Å². The number of hydrogen-bond acceptors (Lipinski definition) is 0. The Bertz CT molecular complexity index is 2560. The van der Waals surface area contributed by atoms with E-state index < -0.39 is 0 Å². The van der Waals surface area contributed by atoms with E-state index in [0.717, 1.165) is 87.3 Å². The zero-order chi connectivity index (χ0) is 80.9. The molecule has 18 bridgehead atoms. The van der Waals surface area contributed by atoms with E-state index in [1.54, 1.807) is 424 Å². The van der Waals surface area contributed by atoms with Gasteiger partial charge in [0.1, 0.15) is 0 Å². The average molecular weight is 1650 g/mol. The van der Waals surface area contributed by atoms with Gasteiger partial charge < -0.3 is 0 Å². The molecule has 14 atom stereocenters. The third-order valence-corrected chi connectivity index (χ3v) is 44.3. The lowest BCUT2D eigenvalue weighted by Gasteiger charge is -2.57. The van der Waals surface area contributed by atoms with Gasteiger partial charge in [-0.15, -0.1) is 0 Å². The van der Waals surface area contributed by atoms with E-state index in [1.807, 2.05) is 0 Å². The Hall–Kier alpha value is 0. The van der Waals surface area contributed by atoms with Crippen LogP contribution in [0.15, 0.2) is 0 Å². The van der Waals surface area contributed by atoms with Crippen molar-refractivity contribution in [3.05, 3.63) is 0 Å². The van der Waals surface area contributed by atoms with Crippen LogP contribution in [0.1, 0.15) is 584 Å². The first kappa shape index (κ1) is 91.9. The molecule has 0 heteroatoms. The summed E-state index contributed by atoms with van der Waals surface area (Å²) in [4.78, 5) is 0. The Labute approximate surface area is 749 Å². The molecule has 688 valence electrons. The van der Waals surface area contributed by atoms with E-state index in [4.69, 9.17) is 0 Å². The van der Waals surface area contributed by atoms with Crippen LogP contribution in [0.5, 0.6) is 0 Å². The van der Waals surface area contributed by atoms with Gasteiger partial charge in [-0.25, -0.2) is 0 Å². The van der Waals surface area contributed by atoms with Crippen LogP contribution >= 0.6 is 0 Å². The number of hydrogen-bond donors (Lipinski definition) is 0. The van der Waals surface area contributed by atoms with Gasteiger partial charge in [0.05, 0.1) is 0 Å². The summed E-state index contributed by atoms with van der Waals surface area (Å²) in [5.74, 6) is 30.3. The molecule has 0 saturated heterocycles. The minimum absolute atomic E-state index is 0.858. The average Bonchev–Trinajstić information content (AvgIpc) is 1.30. The minimum atomic E-state index is 0.858. The molecule has 33 aliphatic carbocycles. The van der Waals surface area contributed by atoms with Gasteiger partial charge in [-0.05, 0) is 388 Å². The lowest BCUT2D eigenvalue weighted by atomic mass is 9.48. The molecule has 0 aromatic rings. The molecule has 0 aromatic heterocycles. The molecule has 120 heavy (non-hydrogen) atoms. The van der Waals surface area contributed by atoms with Crippen molar-refractivity contribution < 1.29 is 0 Å². The summed E-state index contributed by atoms with van der Waals surface area (Å²) >= 11 is 0. The molecule has 33 fully saturated rings. The van der Waals surface area contributed by atoms with E-state index in [1.165, 1.54) is 243 Å². The highest BCUT2D eigenvalue weighted by atomic mass is 14.6. The topological polar surface area (TPSA) is 0 Å². The Balaban J connectivity index is 0.0000000946. The second-order valence-corrected chi connectivity index (χ2v) is 52.5. The summed E-state index contributed by atoms with van der Waals surface area (Å²) in [6.07, 6.45) is 142. The normalized spacial score (nSPS) is 44.0. The third kappa shape index (κ3) is 27.4. The molecule has 14 unspecified atom stereocenters. The van der Waals surface area contributed by atoms with Crippen molar-refractivity contribution in [3.8, 4) is 0 Å². The van der Waals surface area contributed by atoms with Gasteiger partial charge in [0.25, 0.3) is 0 Å². The van der Waals surface area contributed by atoms with Crippen molar-refractivity contribution >= 4 is 0 Å². The van der Waals surface area contributed by atoms with Crippen LogP contribution in [0.2, 0.25) is 0 Å². The van der Waals surface area contributed by atoms with Crippen molar-refractivity contribution in [3.63, 3.8) is 0 Å². The van der Waals surface area contributed by atoms with E-state index in [2.05, 4.69) is 0 Å². The SMILES string of the molecule is C1C2CC1C2.C1CC2CC(C1)C2.C1CC2CC1C2.C1CC2CCC(C1)C2.C1CC2CCC1C2.C1CC2CCCC(C1)C2.C1CCC2(CC1)CC2.C1CCC2(CC1)CCCC2.C1CCC2(CC1)CCCCC2.C1CCC2C(C1)CCC1C2CCC2C3CCCCC3CCC21.C1CCC2CC(C1)C2.C1CCC2CCC(C1)C2.C1CCC2CCCC(C1)C2. The van der Waals surface area contributed by atoms with Crippen molar-refractivity contribution in [1.82, 2.24) is 0 Å². The first-order chi connectivity index (χ1) is 59.2. The maximum atomic E-state index is 1.64. The van der Waals surface area contributed by atoms with Crippen LogP contribution in [0, 0.1) is 170 Å². The second kappa shape index (κ2) is 47.4. The molecule has 33 rings (SSSR count). The molecular formula is C120H208. The number of rotatable bonds is 0. The van der Waals surface area contributed by atoms with Gasteiger partial charge >= 0.3 is 0 Å². The van der Waals surface area contributed by atoms with Crippen LogP contribution in [-0.4, -0.2) is 0 Å². The van der Waals surface area contributed by atoms with Gasteiger partial charge in [0, 0.05) is 0 Å². The largest absolute Gasteiger partial charge is 0.0533 e. The fourth-order valence-electron chi connectivity index (χ4n) is 36.3. The minimum Gasteiger partial charge on any atom is -0.0533 e. The zero-order valence-electron chi connectivity index (χ0n) is 80.9. The highest BCUT2D eigenvalue weighted by Gasteiger charge is 2.52. The molecule has 3 spiro atoms. The predicted octanol–water partition coefficient (Wildman–Crippen LogP) is 38.7. The van der Waals surface area contributed by atoms with Crippen LogP contribution in [0.25, 0.3) is 0 Å². The molecule has 0 heterocycles. The smallest absolute Gasteiger partial charge is 0.0297 e.